The molecule has 0 unspecified atom stereocenters. The summed E-state index contributed by atoms with van der Waals surface area (Å²) in [6.07, 6.45) is 0.645. The minimum atomic E-state index is -4.08. The standard InChI is InChI=1S/C19H22ClFN2O4S/c1-11-15(20)7-12(21)8-18(11)28(24,25)22-16-5-6-17(26-4)14-9-13(23(2)3)10-27-19(14)16/h5-8,13,22H,9-10H2,1-4H3/t13-/m1/s1. The van der Waals surface area contributed by atoms with E-state index in [9.17, 15) is 12.8 Å². The van der Waals surface area contributed by atoms with Gasteiger partial charge in [-0.1, -0.05) is 11.6 Å². The van der Waals surface area contributed by atoms with E-state index in [4.69, 9.17) is 21.1 Å². The SMILES string of the molecule is COc1ccc(NS(=O)(=O)c2cc(F)cc(Cl)c2C)c2c1C[C@@H](N(C)C)CO2. The average molecular weight is 429 g/mol. The van der Waals surface area contributed by atoms with Crippen molar-refractivity contribution in [3.8, 4) is 11.5 Å². The van der Waals surface area contributed by atoms with E-state index in [1.54, 1.807) is 19.2 Å². The topological polar surface area (TPSA) is 67.9 Å². The zero-order valence-electron chi connectivity index (χ0n) is 16.0. The van der Waals surface area contributed by atoms with Crippen molar-refractivity contribution in [2.45, 2.75) is 24.3 Å². The quantitative estimate of drug-likeness (QED) is 0.789. The first kappa shape index (κ1) is 20.7. The van der Waals surface area contributed by atoms with E-state index in [-0.39, 0.29) is 27.2 Å². The molecule has 0 saturated carbocycles. The summed E-state index contributed by atoms with van der Waals surface area (Å²) in [5.41, 5.74) is 1.32. The van der Waals surface area contributed by atoms with E-state index in [1.165, 1.54) is 6.92 Å². The van der Waals surface area contributed by atoms with Crippen LogP contribution in [-0.2, 0) is 16.4 Å². The van der Waals surface area contributed by atoms with Crippen LogP contribution < -0.4 is 14.2 Å². The smallest absolute Gasteiger partial charge is 0.262 e. The zero-order valence-corrected chi connectivity index (χ0v) is 17.6. The largest absolute Gasteiger partial charge is 0.496 e. The van der Waals surface area contributed by atoms with Crippen molar-refractivity contribution in [1.29, 1.82) is 0 Å². The highest BCUT2D eigenvalue weighted by atomic mass is 35.5. The van der Waals surface area contributed by atoms with Crippen LogP contribution in [-0.4, -0.2) is 47.2 Å². The first-order valence-electron chi connectivity index (χ1n) is 8.61. The number of anilines is 1. The molecule has 0 spiro atoms. The minimum absolute atomic E-state index is 0.0437. The minimum Gasteiger partial charge on any atom is -0.496 e. The lowest BCUT2D eigenvalue weighted by molar-refractivity contribution is 0.164. The molecule has 1 heterocycles. The number of likely N-dealkylation sites (N-methyl/N-ethyl adjacent to an activating group) is 1. The molecule has 1 aliphatic heterocycles. The third-order valence-electron chi connectivity index (χ3n) is 4.82. The Labute approximate surface area is 169 Å². The van der Waals surface area contributed by atoms with Crippen LogP contribution in [0.2, 0.25) is 5.02 Å². The highest BCUT2D eigenvalue weighted by Crippen LogP contribution is 2.41. The summed E-state index contributed by atoms with van der Waals surface area (Å²) < 4.78 is 53.4. The molecule has 0 bridgehead atoms. The molecule has 0 radical (unpaired) electrons. The van der Waals surface area contributed by atoms with Gasteiger partial charge in [0, 0.05) is 16.6 Å². The number of halogens is 2. The number of hydrogen-bond acceptors (Lipinski definition) is 5. The Morgan fingerprint density at radius 3 is 2.68 bits per heavy atom. The molecule has 9 heteroatoms. The molecule has 2 aromatic carbocycles. The predicted molar refractivity (Wildman–Crippen MR) is 107 cm³/mol. The molecule has 0 amide bonds. The maximum atomic E-state index is 13.7. The molecule has 28 heavy (non-hydrogen) atoms. The summed E-state index contributed by atoms with van der Waals surface area (Å²) in [5.74, 6) is 0.313. The van der Waals surface area contributed by atoms with Crippen molar-refractivity contribution in [1.82, 2.24) is 4.90 Å². The van der Waals surface area contributed by atoms with E-state index in [1.807, 2.05) is 19.0 Å². The van der Waals surface area contributed by atoms with Crippen molar-refractivity contribution in [2.75, 3.05) is 32.5 Å². The molecule has 3 rings (SSSR count). The van der Waals surface area contributed by atoms with Crippen LogP contribution in [0.3, 0.4) is 0 Å². The van der Waals surface area contributed by atoms with Gasteiger partial charge in [0.25, 0.3) is 10.0 Å². The van der Waals surface area contributed by atoms with Crippen LogP contribution in [0, 0.1) is 12.7 Å². The van der Waals surface area contributed by atoms with Gasteiger partial charge in [-0.15, -0.1) is 0 Å². The van der Waals surface area contributed by atoms with Crippen LogP contribution in [0.5, 0.6) is 11.5 Å². The van der Waals surface area contributed by atoms with Crippen molar-refractivity contribution < 1.29 is 22.3 Å². The number of ether oxygens (including phenoxy) is 2. The summed E-state index contributed by atoms with van der Waals surface area (Å²) in [7, 11) is 1.38. The van der Waals surface area contributed by atoms with Gasteiger partial charge in [-0.25, -0.2) is 12.8 Å². The Balaban J connectivity index is 2.03. The lowest BCUT2D eigenvalue weighted by Crippen LogP contribution is -2.38. The molecule has 0 aliphatic carbocycles. The van der Waals surface area contributed by atoms with Crippen molar-refractivity contribution in [3.05, 3.63) is 46.2 Å². The summed E-state index contributed by atoms with van der Waals surface area (Å²) in [6.45, 7) is 1.94. The number of hydrogen-bond donors (Lipinski definition) is 1. The zero-order chi connectivity index (χ0) is 20.6. The van der Waals surface area contributed by atoms with Gasteiger partial charge in [0.15, 0.2) is 0 Å². The van der Waals surface area contributed by atoms with Crippen molar-refractivity contribution in [3.63, 3.8) is 0 Å². The summed E-state index contributed by atoms with van der Waals surface area (Å²) in [6, 6.07) is 5.42. The van der Waals surface area contributed by atoms with Gasteiger partial charge in [0.1, 0.15) is 23.9 Å². The first-order valence-corrected chi connectivity index (χ1v) is 10.5. The van der Waals surface area contributed by atoms with Crippen LogP contribution >= 0.6 is 11.6 Å². The van der Waals surface area contributed by atoms with E-state index >= 15 is 0 Å². The second-order valence-electron chi connectivity index (χ2n) is 6.87. The van der Waals surface area contributed by atoms with Crippen molar-refractivity contribution in [2.24, 2.45) is 0 Å². The molecule has 152 valence electrons. The molecular weight excluding hydrogens is 407 g/mol. The summed E-state index contributed by atoms with van der Waals surface area (Å²) in [4.78, 5) is 1.82. The molecule has 2 aromatic rings. The number of benzene rings is 2. The Morgan fingerprint density at radius 1 is 1.32 bits per heavy atom. The van der Waals surface area contributed by atoms with Gasteiger partial charge in [0.2, 0.25) is 0 Å². The molecule has 1 N–H and O–H groups in total. The van der Waals surface area contributed by atoms with Gasteiger partial charge in [0.05, 0.1) is 17.7 Å². The monoisotopic (exact) mass is 428 g/mol. The Hall–Kier alpha value is -2.03. The number of nitrogens with one attached hydrogen (secondary N) is 1. The van der Waals surface area contributed by atoms with Crippen LogP contribution in [0.1, 0.15) is 11.1 Å². The number of nitrogens with zero attached hydrogens (tertiary/aromatic N) is 1. The van der Waals surface area contributed by atoms with Gasteiger partial charge in [-0.2, -0.15) is 0 Å². The van der Waals surface area contributed by atoms with Gasteiger partial charge < -0.3 is 14.4 Å². The number of fused-ring (bicyclic) bond motifs is 1. The fraction of sp³-hybridized carbons (Fsp3) is 0.368. The third-order valence-corrected chi connectivity index (χ3v) is 6.71. The van der Waals surface area contributed by atoms with Gasteiger partial charge in [-0.3, -0.25) is 4.72 Å². The Morgan fingerprint density at radius 2 is 2.04 bits per heavy atom. The molecule has 0 fully saturated rings. The maximum Gasteiger partial charge on any atom is 0.262 e. The maximum absolute atomic E-state index is 13.7. The molecule has 0 saturated heterocycles. The normalized spacial score (nSPS) is 16.5. The summed E-state index contributed by atoms with van der Waals surface area (Å²) >= 11 is 5.95. The number of methoxy groups -OCH3 is 1. The third kappa shape index (κ3) is 3.90. The number of sulfonamides is 1. The highest BCUT2D eigenvalue weighted by molar-refractivity contribution is 7.92. The molecular formula is C19H22ClFN2O4S. The van der Waals surface area contributed by atoms with Gasteiger partial charge in [-0.05, 0) is 57.3 Å². The van der Waals surface area contributed by atoms with Crippen LogP contribution in [0.15, 0.2) is 29.2 Å². The summed E-state index contributed by atoms with van der Waals surface area (Å²) in [5, 5.41) is 0.0437. The Kier molecular flexibility index (Phi) is 5.74. The van der Waals surface area contributed by atoms with E-state index in [0.717, 1.165) is 17.7 Å². The van der Waals surface area contributed by atoms with Crippen LogP contribution in [0.25, 0.3) is 0 Å². The molecule has 6 nitrogen and oxygen atoms in total. The first-order chi connectivity index (χ1) is 13.1. The molecule has 0 aromatic heterocycles. The van der Waals surface area contributed by atoms with E-state index < -0.39 is 15.8 Å². The highest BCUT2D eigenvalue weighted by Gasteiger charge is 2.29. The van der Waals surface area contributed by atoms with Crippen LogP contribution in [0.4, 0.5) is 10.1 Å². The fourth-order valence-corrected chi connectivity index (χ4v) is 4.75. The average Bonchev–Trinajstić information content (AvgIpc) is 2.64. The van der Waals surface area contributed by atoms with Gasteiger partial charge >= 0.3 is 0 Å². The number of rotatable bonds is 5. The van der Waals surface area contributed by atoms with Crippen molar-refractivity contribution >= 4 is 27.3 Å². The van der Waals surface area contributed by atoms with E-state index in [0.29, 0.717) is 24.5 Å². The second-order valence-corrected chi connectivity index (χ2v) is 8.93. The van der Waals surface area contributed by atoms with E-state index in [2.05, 4.69) is 4.72 Å². The Bertz CT molecular complexity index is 1010. The molecule has 1 atom stereocenters. The lowest BCUT2D eigenvalue weighted by Gasteiger charge is -2.32. The lowest BCUT2D eigenvalue weighted by atomic mass is 10.00. The molecule has 1 aliphatic rings. The predicted octanol–water partition coefficient (Wildman–Crippen LogP) is 3.46. The fourth-order valence-electron chi connectivity index (χ4n) is 3.15. The second kappa shape index (κ2) is 7.77.